The zero-order valence-corrected chi connectivity index (χ0v) is 12.2. The number of sulfonamides is 1. The number of halogens is 1. The standard InChI is InChI=1S/C11H18ClN3O2S/c1-3-6-15(7-9-4-5-9)18(16,17)11-10(12)14(2)8-13-11/h8-9H,3-7H2,1-2H3. The molecule has 1 heterocycles. The van der Waals surface area contributed by atoms with E-state index in [1.807, 2.05) is 6.92 Å². The molecule has 1 aromatic rings. The zero-order chi connectivity index (χ0) is 13.3. The summed E-state index contributed by atoms with van der Waals surface area (Å²) in [6, 6.07) is 0. The van der Waals surface area contributed by atoms with Gasteiger partial charge in [0.2, 0.25) is 5.03 Å². The molecule has 0 radical (unpaired) electrons. The van der Waals surface area contributed by atoms with E-state index in [2.05, 4.69) is 4.98 Å². The van der Waals surface area contributed by atoms with E-state index < -0.39 is 10.0 Å². The van der Waals surface area contributed by atoms with E-state index in [9.17, 15) is 8.42 Å². The molecule has 0 bridgehead atoms. The second kappa shape index (κ2) is 5.19. The molecular weight excluding hydrogens is 274 g/mol. The lowest BCUT2D eigenvalue weighted by molar-refractivity contribution is 0.394. The SMILES string of the molecule is CCCN(CC1CC1)S(=O)(=O)c1ncn(C)c1Cl. The van der Waals surface area contributed by atoms with Gasteiger partial charge in [-0.25, -0.2) is 13.4 Å². The number of hydrogen-bond acceptors (Lipinski definition) is 3. The third kappa shape index (κ3) is 2.70. The first-order chi connectivity index (χ1) is 8.46. The van der Waals surface area contributed by atoms with E-state index in [4.69, 9.17) is 11.6 Å². The molecule has 1 saturated carbocycles. The van der Waals surface area contributed by atoms with E-state index in [0.717, 1.165) is 19.3 Å². The highest BCUT2D eigenvalue weighted by Gasteiger charge is 2.34. The smallest absolute Gasteiger partial charge is 0.263 e. The molecule has 102 valence electrons. The summed E-state index contributed by atoms with van der Waals surface area (Å²) in [5.74, 6) is 0.508. The highest BCUT2D eigenvalue weighted by atomic mass is 35.5. The highest BCUT2D eigenvalue weighted by molar-refractivity contribution is 7.89. The summed E-state index contributed by atoms with van der Waals surface area (Å²) < 4.78 is 28.0. The molecule has 1 aromatic heterocycles. The molecule has 18 heavy (non-hydrogen) atoms. The van der Waals surface area contributed by atoms with Crippen molar-refractivity contribution in [3.05, 3.63) is 11.5 Å². The molecule has 1 fully saturated rings. The molecule has 0 saturated heterocycles. The van der Waals surface area contributed by atoms with Gasteiger partial charge < -0.3 is 4.57 Å². The summed E-state index contributed by atoms with van der Waals surface area (Å²) in [6.45, 7) is 3.07. The first-order valence-electron chi connectivity index (χ1n) is 6.13. The number of aryl methyl sites for hydroxylation is 1. The van der Waals surface area contributed by atoms with Crippen LogP contribution in [0.1, 0.15) is 26.2 Å². The van der Waals surface area contributed by atoms with Crippen molar-refractivity contribution < 1.29 is 8.42 Å². The second-order valence-electron chi connectivity index (χ2n) is 4.76. The largest absolute Gasteiger partial charge is 0.324 e. The lowest BCUT2D eigenvalue weighted by atomic mass is 10.4. The van der Waals surface area contributed by atoms with Gasteiger partial charge in [0.1, 0.15) is 5.15 Å². The number of hydrogen-bond donors (Lipinski definition) is 0. The van der Waals surface area contributed by atoms with Crippen LogP contribution in [0.25, 0.3) is 0 Å². The average molecular weight is 292 g/mol. The van der Waals surface area contributed by atoms with Crippen LogP contribution in [0.4, 0.5) is 0 Å². The fourth-order valence-corrected chi connectivity index (χ4v) is 3.83. The van der Waals surface area contributed by atoms with Crippen LogP contribution in [-0.4, -0.2) is 35.4 Å². The Morgan fingerprint density at radius 3 is 2.67 bits per heavy atom. The molecule has 0 atom stereocenters. The van der Waals surface area contributed by atoms with Gasteiger partial charge in [-0.2, -0.15) is 4.31 Å². The van der Waals surface area contributed by atoms with Gasteiger partial charge in [-0.05, 0) is 25.2 Å². The maximum atomic E-state index is 12.5. The van der Waals surface area contributed by atoms with Crippen LogP contribution >= 0.6 is 11.6 Å². The van der Waals surface area contributed by atoms with Crippen LogP contribution in [0.5, 0.6) is 0 Å². The third-order valence-corrected chi connectivity index (χ3v) is 5.41. The predicted octanol–water partition coefficient (Wildman–Crippen LogP) is 1.88. The molecule has 5 nitrogen and oxygen atoms in total. The van der Waals surface area contributed by atoms with Gasteiger partial charge in [0.25, 0.3) is 10.0 Å². The molecular formula is C11H18ClN3O2S. The van der Waals surface area contributed by atoms with Crippen molar-refractivity contribution >= 4 is 21.6 Å². The van der Waals surface area contributed by atoms with Crippen molar-refractivity contribution in [2.45, 2.75) is 31.2 Å². The Morgan fingerprint density at radius 1 is 1.56 bits per heavy atom. The Balaban J connectivity index is 2.28. The van der Waals surface area contributed by atoms with Gasteiger partial charge in [0.05, 0.1) is 6.33 Å². The predicted molar refractivity (Wildman–Crippen MR) is 70.0 cm³/mol. The van der Waals surface area contributed by atoms with E-state index in [1.165, 1.54) is 15.2 Å². The van der Waals surface area contributed by atoms with Gasteiger partial charge in [-0.1, -0.05) is 18.5 Å². The van der Waals surface area contributed by atoms with Gasteiger partial charge in [-0.15, -0.1) is 0 Å². The number of nitrogens with zero attached hydrogens (tertiary/aromatic N) is 3. The summed E-state index contributed by atoms with van der Waals surface area (Å²) in [4.78, 5) is 3.92. The average Bonchev–Trinajstić information content (AvgIpc) is 3.06. The Bertz CT molecular complexity index is 522. The quantitative estimate of drug-likeness (QED) is 0.804. The van der Waals surface area contributed by atoms with Gasteiger partial charge in [-0.3, -0.25) is 0 Å². The summed E-state index contributed by atoms with van der Waals surface area (Å²) in [6.07, 6.45) is 4.45. The minimum Gasteiger partial charge on any atom is -0.324 e. The first-order valence-corrected chi connectivity index (χ1v) is 7.95. The maximum Gasteiger partial charge on any atom is 0.263 e. The Hall–Kier alpha value is -0.590. The molecule has 0 aliphatic heterocycles. The molecule has 0 spiro atoms. The van der Waals surface area contributed by atoms with Crippen molar-refractivity contribution in [2.24, 2.45) is 13.0 Å². The summed E-state index contributed by atoms with van der Waals surface area (Å²) >= 11 is 5.98. The van der Waals surface area contributed by atoms with Crippen molar-refractivity contribution in [1.82, 2.24) is 13.9 Å². The molecule has 2 rings (SSSR count). The number of rotatable bonds is 6. The Morgan fingerprint density at radius 2 is 2.22 bits per heavy atom. The van der Waals surface area contributed by atoms with Crippen molar-refractivity contribution in [2.75, 3.05) is 13.1 Å². The maximum absolute atomic E-state index is 12.5. The number of imidazole rings is 1. The first kappa shape index (κ1) is 13.8. The van der Waals surface area contributed by atoms with Gasteiger partial charge >= 0.3 is 0 Å². The van der Waals surface area contributed by atoms with E-state index >= 15 is 0 Å². The summed E-state index contributed by atoms with van der Waals surface area (Å²) in [7, 11) is -1.88. The van der Waals surface area contributed by atoms with E-state index in [-0.39, 0.29) is 10.2 Å². The van der Waals surface area contributed by atoms with Gasteiger partial charge in [0, 0.05) is 20.1 Å². The topological polar surface area (TPSA) is 55.2 Å². The van der Waals surface area contributed by atoms with Crippen LogP contribution in [0.2, 0.25) is 5.15 Å². The fraction of sp³-hybridized carbons (Fsp3) is 0.727. The van der Waals surface area contributed by atoms with Crippen LogP contribution in [-0.2, 0) is 17.1 Å². The molecule has 1 aliphatic carbocycles. The highest BCUT2D eigenvalue weighted by Crippen LogP contribution is 2.32. The van der Waals surface area contributed by atoms with Crippen molar-refractivity contribution in [3.63, 3.8) is 0 Å². The van der Waals surface area contributed by atoms with E-state index in [1.54, 1.807) is 7.05 Å². The molecule has 0 aromatic carbocycles. The van der Waals surface area contributed by atoms with Crippen LogP contribution in [0, 0.1) is 5.92 Å². The normalized spacial score (nSPS) is 16.4. The minimum atomic E-state index is -3.56. The molecule has 7 heteroatoms. The van der Waals surface area contributed by atoms with Gasteiger partial charge in [0.15, 0.2) is 0 Å². The Labute approximate surface area is 113 Å². The molecule has 0 N–H and O–H groups in total. The van der Waals surface area contributed by atoms with Crippen LogP contribution in [0.3, 0.4) is 0 Å². The molecule has 0 unspecified atom stereocenters. The summed E-state index contributed by atoms with van der Waals surface area (Å²) in [5, 5.41) is 0.146. The molecule has 0 amide bonds. The van der Waals surface area contributed by atoms with Crippen molar-refractivity contribution in [3.8, 4) is 0 Å². The third-order valence-electron chi connectivity index (χ3n) is 3.05. The Kier molecular flexibility index (Phi) is 3.99. The van der Waals surface area contributed by atoms with Crippen LogP contribution < -0.4 is 0 Å². The lowest BCUT2D eigenvalue weighted by Crippen LogP contribution is -2.34. The lowest BCUT2D eigenvalue weighted by Gasteiger charge is -2.20. The fourth-order valence-electron chi connectivity index (χ4n) is 1.84. The number of aromatic nitrogens is 2. The van der Waals surface area contributed by atoms with E-state index in [0.29, 0.717) is 19.0 Å². The second-order valence-corrected chi connectivity index (χ2v) is 6.97. The zero-order valence-electron chi connectivity index (χ0n) is 10.6. The minimum absolute atomic E-state index is 0.0271. The molecule has 1 aliphatic rings. The van der Waals surface area contributed by atoms with Crippen molar-refractivity contribution in [1.29, 1.82) is 0 Å². The summed E-state index contributed by atoms with van der Waals surface area (Å²) in [5.41, 5.74) is 0. The van der Waals surface area contributed by atoms with Crippen LogP contribution in [0.15, 0.2) is 11.4 Å². The monoisotopic (exact) mass is 291 g/mol.